The lowest BCUT2D eigenvalue weighted by Gasteiger charge is -2.09. The highest BCUT2D eigenvalue weighted by Gasteiger charge is 2.29. The lowest BCUT2D eigenvalue weighted by atomic mass is 9.98. The number of benzene rings is 2. The molecule has 154 valence electrons. The fourth-order valence-electron chi connectivity index (χ4n) is 4.05. The van der Waals surface area contributed by atoms with E-state index in [-0.39, 0.29) is 0 Å². The number of hydrogen-bond acceptors (Lipinski definition) is 5. The van der Waals surface area contributed by atoms with Crippen molar-refractivity contribution in [1.82, 2.24) is 40.0 Å². The van der Waals surface area contributed by atoms with Gasteiger partial charge in [-0.3, -0.25) is 4.68 Å². The molecule has 1 fully saturated rings. The van der Waals surface area contributed by atoms with E-state index in [9.17, 15) is 0 Å². The first-order chi connectivity index (χ1) is 15.3. The number of aromatic nitrogens is 8. The third-order valence-electron chi connectivity index (χ3n) is 5.89. The van der Waals surface area contributed by atoms with Crippen LogP contribution in [0, 0.1) is 0 Å². The van der Waals surface area contributed by atoms with Crippen LogP contribution in [-0.2, 0) is 13.0 Å². The van der Waals surface area contributed by atoms with E-state index in [1.165, 1.54) is 24.0 Å². The first-order valence-corrected chi connectivity index (χ1v) is 10.7. The Kier molecular flexibility index (Phi) is 4.15. The number of rotatable bonds is 6. The molecule has 0 amide bonds. The number of aryl methyl sites for hydroxylation is 1. The van der Waals surface area contributed by atoms with Crippen LogP contribution >= 0.6 is 0 Å². The monoisotopic (exact) mass is 410 g/mol. The van der Waals surface area contributed by atoms with Gasteiger partial charge in [0.15, 0.2) is 11.5 Å². The van der Waals surface area contributed by atoms with Gasteiger partial charge in [-0.1, -0.05) is 55.5 Å². The number of nitrogens with one attached hydrogen (secondary N) is 1. The normalized spacial score (nSPS) is 13.8. The first-order valence-electron chi connectivity index (χ1n) is 10.7. The van der Waals surface area contributed by atoms with Gasteiger partial charge in [0.2, 0.25) is 5.82 Å². The molecular weight excluding hydrogens is 388 g/mol. The number of H-pyrrole nitrogens is 1. The minimum atomic E-state index is 0.552. The summed E-state index contributed by atoms with van der Waals surface area (Å²) in [5.74, 6) is 2.14. The van der Waals surface area contributed by atoms with Crippen LogP contribution in [0.2, 0.25) is 0 Å². The Bertz CT molecular complexity index is 1340. The van der Waals surface area contributed by atoms with Crippen molar-refractivity contribution in [1.29, 1.82) is 0 Å². The topological polar surface area (TPSA) is 89.6 Å². The second-order valence-electron chi connectivity index (χ2n) is 8.04. The average Bonchev–Trinajstić information content (AvgIpc) is 3.22. The van der Waals surface area contributed by atoms with Gasteiger partial charge in [-0.05, 0) is 41.2 Å². The van der Waals surface area contributed by atoms with Gasteiger partial charge in [-0.2, -0.15) is 9.84 Å². The van der Waals surface area contributed by atoms with Crippen LogP contribution in [0.15, 0.2) is 54.7 Å². The molecule has 0 saturated heterocycles. The molecule has 0 unspecified atom stereocenters. The van der Waals surface area contributed by atoms with Gasteiger partial charge in [0.05, 0.1) is 6.54 Å². The van der Waals surface area contributed by atoms with Crippen LogP contribution in [0.5, 0.6) is 0 Å². The SMILES string of the molecule is CCc1cn(Cc2ccc(-c3ccccc3-c3nn[nH]n3)cc2)n2nc(C3CC3)nc12. The molecule has 5 aromatic rings. The summed E-state index contributed by atoms with van der Waals surface area (Å²) in [5, 5.41) is 19.3. The molecule has 6 rings (SSSR count). The van der Waals surface area contributed by atoms with E-state index in [0.29, 0.717) is 11.7 Å². The third kappa shape index (κ3) is 3.20. The van der Waals surface area contributed by atoms with Crippen molar-refractivity contribution in [3.05, 3.63) is 71.7 Å². The van der Waals surface area contributed by atoms with Gasteiger partial charge in [0, 0.05) is 23.2 Å². The summed E-state index contributed by atoms with van der Waals surface area (Å²) >= 11 is 0. The molecular formula is C23H22N8. The molecule has 0 atom stereocenters. The fourth-order valence-corrected chi connectivity index (χ4v) is 4.05. The predicted octanol–water partition coefficient (Wildman–Crippen LogP) is 3.87. The van der Waals surface area contributed by atoms with Crippen molar-refractivity contribution in [2.45, 2.75) is 38.6 Å². The van der Waals surface area contributed by atoms with E-state index in [2.05, 4.69) is 68.8 Å². The van der Waals surface area contributed by atoms with E-state index >= 15 is 0 Å². The number of tetrazole rings is 1. The second-order valence-corrected chi connectivity index (χ2v) is 8.04. The van der Waals surface area contributed by atoms with Crippen LogP contribution in [0.1, 0.15) is 42.6 Å². The first kappa shape index (κ1) is 18.0. The van der Waals surface area contributed by atoms with Gasteiger partial charge in [-0.25, -0.2) is 4.98 Å². The Morgan fingerprint density at radius 1 is 1.03 bits per heavy atom. The minimum absolute atomic E-state index is 0.552. The molecule has 0 aliphatic heterocycles. The van der Waals surface area contributed by atoms with E-state index in [1.807, 2.05) is 22.8 Å². The van der Waals surface area contributed by atoms with Crippen molar-refractivity contribution in [3.8, 4) is 22.5 Å². The number of fused-ring (bicyclic) bond motifs is 1. The highest BCUT2D eigenvalue weighted by atomic mass is 15.5. The van der Waals surface area contributed by atoms with Crippen LogP contribution in [-0.4, -0.2) is 40.0 Å². The summed E-state index contributed by atoms with van der Waals surface area (Å²) in [5.41, 5.74) is 6.60. The molecule has 1 N–H and O–H groups in total. The molecule has 3 heterocycles. The predicted molar refractivity (Wildman–Crippen MR) is 116 cm³/mol. The highest BCUT2D eigenvalue weighted by molar-refractivity contribution is 5.80. The van der Waals surface area contributed by atoms with Crippen LogP contribution in [0.4, 0.5) is 0 Å². The molecule has 1 aliphatic rings. The fraction of sp³-hybridized carbons (Fsp3) is 0.261. The van der Waals surface area contributed by atoms with E-state index in [1.54, 1.807) is 0 Å². The van der Waals surface area contributed by atoms with E-state index < -0.39 is 0 Å². The van der Waals surface area contributed by atoms with Gasteiger partial charge >= 0.3 is 0 Å². The van der Waals surface area contributed by atoms with Gasteiger partial charge < -0.3 is 0 Å². The summed E-state index contributed by atoms with van der Waals surface area (Å²) in [6.07, 6.45) is 5.54. The Morgan fingerprint density at radius 3 is 2.55 bits per heavy atom. The Balaban J connectivity index is 1.31. The van der Waals surface area contributed by atoms with Crippen LogP contribution in [0.25, 0.3) is 28.2 Å². The maximum absolute atomic E-state index is 4.81. The molecule has 0 spiro atoms. The van der Waals surface area contributed by atoms with Crippen molar-refractivity contribution >= 4 is 5.65 Å². The van der Waals surface area contributed by atoms with Gasteiger partial charge in [0.1, 0.15) is 0 Å². The molecule has 1 aliphatic carbocycles. The minimum Gasteiger partial charge on any atom is -0.266 e. The van der Waals surface area contributed by atoms with E-state index in [0.717, 1.165) is 41.1 Å². The zero-order valence-corrected chi connectivity index (χ0v) is 17.2. The van der Waals surface area contributed by atoms with Crippen LogP contribution < -0.4 is 0 Å². The molecule has 0 bridgehead atoms. The summed E-state index contributed by atoms with van der Waals surface area (Å²) in [6.45, 7) is 2.91. The zero-order valence-electron chi connectivity index (χ0n) is 17.2. The lowest BCUT2D eigenvalue weighted by Crippen LogP contribution is -2.07. The summed E-state index contributed by atoms with van der Waals surface area (Å²) in [7, 11) is 0. The third-order valence-corrected chi connectivity index (χ3v) is 5.89. The number of hydrogen-bond donors (Lipinski definition) is 1. The molecule has 3 aromatic heterocycles. The number of nitrogens with zero attached hydrogens (tertiary/aromatic N) is 7. The molecule has 2 aromatic carbocycles. The Morgan fingerprint density at radius 2 is 1.84 bits per heavy atom. The van der Waals surface area contributed by atoms with Crippen molar-refractivity contribution in [3.63, 3.8) is 0 Å². The summed E-state index contributed by atoms with van der Waals surface area (Å²) < 4.78 is 4.14. The smallest absolute Gasteiger partial charge is 0.205 e. The largest absolute Gasteiger partial charge is 0.266 e. The maximum atomic E-state index is 4.81. The van der Waals surface area contributed by atoms with Crippen molar-refractivity contribution < 1.29 is 0 Å². The van der Waals surface area contributed by atoms with Gasteiger partial charge in [0.25, 0.3) is 0 Å². The molecule has 8 nitrogen and oxygen atoms in total. The van der Waals surface area contributed by atoms with E-state index in [4.69, 9.17) is 10.1 Å². The molecule has 0 radical (unpaired) electrons. The maximum Gasteiger partial charge on any atom is 0.205 e. The summed E-state index contributed by atoms with van der Waals surface area (Å²) in [4.78, 5) is 4.81. The molecule has 31 heavy (non-hydrogen) atoms. The average molecular weight is 410 g/mol. The zero-order chi connectivity index (χ0) is 20.8. The van der Waals surface area contributed by atoms with Crippen molar-refractivity contribution in [2.24, 2.45) is 0 Å². The molecule has 1 saturated carbocycles. The van der Waals surface area contributed by atoms with Crippen LogP contribution in [0.3, 0.4) is 0 Å². The van der Waals surface area contributed by atoms with Gasteiger partial charge in [-0.15, -0.1) is 15.3 Å². The quantitative estimate of drug-likeness (QED) is 0.459. The molecule has 8 heteroatoms. The second kappa shape index (κ2) is 7.16. The Hall–Kier alpha value is -3.81. The summed E-state index contributed by atoms with van der Waals surface area (Å²) in [6, 6.07) is 16.7. The standard InChI is InChI=1S/C23H22N8/c1-2-16-14-30(31-23(16)24-21(27-31)18-11-12-18)13-15-7-9-17(10-8-15)19-5-3-4-6-20(19)22-25-28-29-26-22/h3-10,14,18H,2,11-13H2,1H3,(H,25,26,28,29). The lowest BCUT2D eigenvalue weighted by molar-refractivity contribution is 0.579. The Labute approximate surface area is 178 Å². The van der Waals surface area contributed by atoms with Crippen molar-refractivity contribution in [2.75, 3.05) is 0 Å². The highest BCUT2D eigenvalue weighted by Crippen LogP contribution is 2.38. The number of aromatic amines is 1.